The molecule has 1 fully saturated rings. The quantitative estimate of drug-likeness (QED) is 0.535. The van der Waals surface area contributed by atoms with E-state index in [9.17, 15) is 4.79 Å². The zero-order chi connectivity index (χ0) is 10.9. The van der Waals surface area contributed by atoms with Gasteiger partial charge in [0.1, 0.15) is 0 Å². The van der Waals surface area contributed by atoms with Crippen molar-refractivity contribution in [1.29, 1.82) is 0 Å². The lowest BCUT2D eigenvalue weighted by atomic mass is 9.95. The lowest BCUT2D eigenvalue weighted by molar-refractivity contribution is -0.121. The average Bonchev–Trinajstić information content (AvgIpc) is 2.26. The largest absolute Gasteiger partial charge is 0.352 e. The summed E-state index contributed by atoms with van der Waals surface area (Å²) in [6.07, 6.45) is 6.09. The summed E-state index contributed by atoms with van der Waals surface area (Å²) in [5.74, 6) is 5.74. The summed E-state index contributed by atoms with van der Waals surface area (Å²) in [7, 11) is 0. The van der Waals surface area contributed by atoms with Crippen LogP contribution in [-0.4, -0.2) is 25.0 Å². The third-order valence-corrected chi connectivity index (χ3v) is 2.65. The highest BCUT2D eigenvalue weighted by Crippen LogP contribution is 2.16. The summed E-state index contributed by atoms with van der Waals surface area (Å²) in [6, 6.07) is 0.408. The first-order valence-corrected chi connectivity index (χ1v) is 5.72. The molecule has 0 heterocycles. The molecule has 15 heavy (non-hydrogen) atoms. The molecule has 0 aromatic heterocycles. The number of nitrogens with one attached hydrogen (secondary N) is 2. The van der Waals surface area contributed by atoms with Gasteiger partial charge < -0.3 is 5.32 Å². The fourth-order valence-corrected chi connectivity index (χ4v) is 1.85. The lowest BCUT2D eigenvalue weighted by Gasteiger charge is -2.22. The van der Waals surface area contributed by atoms with Crippen molar-refractivity contribution in [1.82, 2.24) is 10.6 Å². The van der Waals surface area contributed by atoms with Crippen LogP contribution in [0.4, 0.5) is 0 Å². The van der Waals surface area contributed by atoms with Crippen LogP contribution in [0.1, 0.15) is 39.0 Å². The van der Waals surface area contributed by atoms with Crippen molar-refractivity contribution < 1.29 is 4.79 Å². The molecule has 0 saturated heterocycles. The van der Waals surface area contributed by atoms with E-state index in [1.807, 2.05) is 0 Å². The van der Waals surface area contributed by atoms with Gasteiger partial charge in [-0.1, -0.05) is 25.2 Å². The normalized spacial score (nSPS) is 16.6. The molecule has 0 aliphatic heterocycles. The molecule has 0 atom stereocenters. The van der Waals surface area contributed by atoms with Crippen molar-refractivity contribution in [3.05, 3.63) is 0 Å². The Morgan fingerprint density at radius 2 is 2.07 bits per heavy atom. The van der Waals surface area contributed by atoms with Gasteiger partial charge in [-0.15, -0.1) is 5.92 Å². The summed E-state index contributed by atoms with van der Waals surface area (Å²) >= 11 is 0. The number of carbonyl (C=O) groups excluding carboxylic acids is 1. The van der Waals surface area contributed by atoms with Gasteiger partial charge in [-0.2, -0.15) is 0 Å². The topological polar surface area (TPSA) is 41.1 Å². The maximum Gasteiger partial charge on any atom is 0.234 e. The number of hydrogen-bond acceptors (Lipinski definition) is 2. The molecule has 0 aromatic rings. The monoisotopic (exact) mass is 208 g/mol. The fraction of sp³-hybridized carbons (Fsp3) is 0.750. The van der Waals surface area contributed by atoms with E-state index in [1.165, 1.54) is 19.3 Å². The van der Waals surface area contributed by atoms with Crippen molar-refractivity contribution in [3.63, 3.8) is 0 Å². The maximum atomic E-state index is 11.5. The molecule has 1 rings (SSSR count). The van der Waals surface area contributed by atoms with Crippen molar-refractivity contribution >= 4 is 5.91 Å². The van der Waals surface area contributed by atoms with Gasteiger partial charge in [0.15, 0.2) is 0 Å². The minimum Gasteiger partial charge on any atom is -0.352 e. The third-order valence-electron chi connectivity index (χ3n) is 2.65. The Kier molecular flexibility index (Phi) is 5.87. The number of carbonyl (C=O) groups is 1. The van der Waals surface area contributed by atoms with Crippen molar-refractivity contribution in [2.24, 2.45) is 0 Å². The first kappa shape index (κ1) is 12.1. The van der Waals surface area contributed by atoms with Crippen LogP contribution in [0.15, 0.2) is 0 Å². The summed E-state index contributed by atoms with van der Waals surface area (Å²) in [5.41, 5.74) is 0. The molecule has 3 nitrogen and oxygen atoms in total. The van der Waals surface area contributed by atoms with E-state index in [-0.39, 0.29) is 5.91 Å². The molecule has 84 valence electrons. The zero-order valence-electron chi connectivity index (χ0n) is 9.44. The van der Waals surface area contributed by atoms with Gasteiger partial charge >= 0.3 is 0 Å². The summed E-state index contributed by atoms with van der Waals surface area (Å²) in [6.45, 7) is 2.77. The standard InChI is InChI=1S/C12H20N2O/c1-2-3-9-13-10-12(15)14-11-7-5-4-6-8-11/h11,13H,4-10H2,1H3,(H,14,15). The molecule has 1 amide bonds. The maximum absolute atomic E-state index is 11.5. The predicted octanol–water partition coefficient (Wildman–Crippen LogP) is 1.05. The molecule has 0 radical (unpaired) electrons. The third kappa shape index (κ3) is 5.44. The summed E-state index contributed by atoms with van der Waals surface area (Å²) in [4.78, 5) is 11.5. The van der Waals surface area contributed by atoms with Crippen LogP contribution in [0.25, 0.3) is 0 Å². The van der Waals surface area contributed by atoms with Crippen molar-refractivity contribution in [2.45, 2.75) is 45.1 Å². The summed E-state index contributed by atoms with van der Waals surface area (Å²) < 4.78 is 0. The van der Waals surface area contributed by atoms with E-state index in [0.717, 1.165) is 12.8 Å². The Hall–Kier alpha value is -1.01. The molecule has 1 aliphatic carbocycles. The van der Waals surface area contributed by atoms with E-state index in [1.54, 1.807) is 6.92 Å². The molecule has 3 heteroatoms. The van der Waals surface area contributed by atoms with E-state index in [4.69, 9.17) is 0 Å². The highest BCUT2D eigenvalue weighted by Gasteiger charge is 2.14. The zero-order valence-corrected chi connectivity index (χ0v) is 9.44. The van der Waals surface area contributed by atoms with Crippen LogP contribution in [0, 0.1) is 11.8 Å². The van der Waals surface area contributed by atoms with Gasteiger partial charge in [0.2, 0.25) is 5.91 Å². The second-order valence-corrected chi connectivity index (χ2v) is 3.93. The molecule has 0 unspecified atom stereocenters. The van der Waals surface area contributed by atoms with Crippen LogP contribution in [0.3, 0.4) is 0 Å². The van der Waals surface area contributed by atoms with E-state index >= 15 is 0 Å². The Balaban J connectivity index is 2.08. The molecular formula is C12H20N2O. The number of amides is 1. The molecule has 2 N–H and O–H groups in total. The minimum absolute atomic E-state index is 0.0970. The van der Waals surface area contributed by atoms with Crippen molar-refractivity contribution in [2.75, 3.05) is 13.1 Å². The Morgan fingerprint density at radius 1 is 1.33 bits per heavy atom. The van der Waals surface area contributed by atoms with Gasteiger partial charge in [0.25, 0.3) is 0 Å². The van der Waals surface area contributed by atoms with E-state index in [0.29, 0.717) is 19.1 Å². The van der Waals surface area contributed by atoms with Crippen LogP contribution in [-0.2, 0) is 4.79 Å². The minimum atomic E-state index is 0.0970. The van der Waals surface area contributed by atoms with Crippen LogP contribution in [0.2, 0.25) is 0 Å². The molecule has 1 aliphatic rings. The second-order valence-electron chi connectivity index (χ2n) is 3.93. The smallest absolute Gasteiger partial charge is 0.234 e. The highest BCUT2D eigenvalue weighted by atomic mass is 16.1. The Bertz CT molecular complexity index is 246. The second kappa shape index (κ2) is 7.30. The molecule has 0 bridgehead atoms. The van der Waals surface area contributed by atoms with E-state index < -0.39 is 0 Å². The molecule has 1 saturated carbocycles. The summed E-state index contributed by atoms with van der Waals surface area (Å²) in [5, 5.41) is 6.04. The first-order valence-electron chi connectivity index (χ1n) is 5.72. The first-order chi connectivity index (χ1) is 7.33. The van der Waals surface area contributed by atoms with Crippen LogP contribution < -0.4 is 10.6 Å². The van der Waals surface area contributed by atoms with Gasteiger partial charge in [-0.25, -0.2) is 0 Å². The van der Waals surface area contributed by atoms with Crippen LogP contribution in [0.5, 0.6) is 0 Å². The number of rotatable bonds is 4. The van der Waals surface area contributed by atoms with Gasteiger partial charge in [0, 0.05) is 6.04 Å². The Morgan fingerprint density at radius 3 is 2.73 bits per heavy atom. The predicted molar refractivity (Wildman–Crippen MR) is 61.3 cm³/mol. The lowest BCUT2D eigenvalue weighted by Crippen LogP contribution is -2.41. The van der Waals surface area contributed by atoms with Gasteiger partial charge in [-0.05, 0) is 19.8 Å². The van der Waals surface area contributed by atoms with Gasteiger partial charge in [0.05, 0.1) is 13.1 Å². The van der Waals surface area contributed by atoms with Crippen LogP contribution >= 0.6 is 0 Å². The highest BCUT2D eigenvalue weighted by molar-refractivity contribution is 5.78. The number of hydrogen-bond donors (Lipinski definition) is 2. The SMILES string of the molecule is CC#CCNCC(=O)NC1CCCCC1. The molecule has 0 aromatic carbocycles. The fourth-order valence-electron chi connectivity index (χ4n) is 1.85. The van der Waals surface area contributed by atoms with Crippen molar-refractivity contribution in [3.8, 4) is 11.8 Å². The van der Waals surface area contributed by atoms with E-state index in [2.05, 4.69) is 22.5 Å². The Labute approximate surface area is 92.0 Å². The average molecular weight is 208 g/mol. The molecular weight excluding hydrogens is 188 g/mol. The molecule has 0 spiro atoms. The van der Waals surface area contributed by atoms with Gasteiger partial charge in [-0.3, -0.25) is 10.1 Å².